The Morgan fingerprint density at radius 2 is 1.88 bits per heavy atom. The summed E-state index contributed by atoms with van der Waals surface area (Å²) in [5.41, 5.74) is 0. The van der Waals surface area contributed by atoms with Gasteiger partial charge in [0.05, 0.1) is 6.61 Å². The Hall–Kier alpha value is -1.09. The highest BCUT2D eigenvalue weighted by Gasteiger charge is 1.99. The van der Waals surface area contributed by atoms with E-state index in [-0.39, 0.29) is 5.82 Å². The predicted octanol–water partition coefficient (Wildman–Crippen LogP) is 4.14. The summed E-state index contributed by atoms with van der Waals surface area (Å²) in [5.74, 6) is 0.573. The first-order valence-electron chi connectivity index (χ1n) is 5.18. The second-order valence-corrected chi connectivity index (χ2v) is 4.34. The van der Waals surface area contributed by atoms with Crippen molar-refractivity contribution >= 4 is 26.7 Å². The standard InChI is InChI=1S/C13H12BrFO/c14-6-1-7-16-13-5-3-10-2-4-12(15)8-11(10)9-13/h2-5,8-9H,1,6-7H2. The van der Waals surface area contributed by atoms with Gasteiger partial charge in [-0.15, -0.1) is 0 Å². The topological polar surface area (TPSA) is 9.23 Å². The Labute approximate surface area is 102 Å². The van der Waals surface area contributed by atoms with Crippen molar-refractivity contribution < 1.29 is 9.13 Å². The van der Waals surface area contributed by atoms with E-state index in [1.807, 2.05) is 18.2 Å². The van der Waals surface area contributed by atoms with Crippen LogP contribution in [0.3, 0.4) is 0 Å². The minimum absolute atomic E-state index is 0.217. The molecule has 0 spiro atoms. The van der Waals surface area contributed by atoms with Crippen LogP contribution < -0.4 is 4.74 Å². The lowest BCUT2D eigenvalue weighted by Crippen LogP contribution is -1.97. The van der Waals surface area contributed by atoms with E-state index >= 15 is 0 Å². The van der Waals surface area contributed by atoms with Crippen molar-refractivity contribution in [3.05, 3.63) is 42.2 Å². The van der Waals surface area contributed by atoms with Crippen molar-refractivity contribution in [2.45, 2.75) is 6.42 Å². The minimum Gasteiger partial charge on any atom is -0.494 e. The van der Waals surface area contributed by atoms with Gasteiger partial charge in [-0.05, 0) is 41.5 Å². The maximum atomic E-state index is 13.0. The van der Waals surface area contributed by atoms with Crippen LogP contribution in [-0.2, 0) is 0 Å². The monoisotopic (exact) mass is 282 g/mol. The Morgan fingerprint density at radius 3 is 2.69 bits per heavy atom. The summed E-state index contributed by atoms with van der Waals surface area (Å²) in [4.78, 5) is 0. The molecule has 16 heavy (non-hydrogen) atoms. The summed E-state index contributed by atoms with van der Waals surface area (Å²) in [6.07, 6.45) is 0.960. The number of fused-ring (bicyclic) bond motifs is 1. The number of ether oxygens (including phenoxy) is 1. The summed E-state index contributed by atoms with van der Waals surface area (Å²) in [5, 5.41) is 2.82. The van der Waals surface area contributed by atoms with E-state index in [1.54, 1.807) is 6.07 Å². The third-order valence-electron chi connectivity index (χ3n) is 2.32. The van der Waals surface area contributed by atoms with Crippen LogP contribution in [-0.4, -0.2) is 11.9 Å². The van der Waals surface area contributed by atoms with Gasteiger partial charge in [-0.3, -0.25) is 0 Å². The molecule has 1 nitrogen and oxygen atoms in total. The van der Waals surface area contributed by atoms with Gasteiger partial charge in [-0.1, -0.05) is 28.1 Å². The molecule has 0 aliphatic carbocycles. The van der Waals surface area contributed by atoms with Gasteiger partial charge in [0.25, 0.3) is 0 Å². The van der Waals surface area contributed by atoms with E-state index in [0.29, 0.717) is 6.61 Å². The SMILES string of the molecule is Fc1ccc2ccc(OCCCBr)cc2c1. The van der Waals surface area contributed by atoms with Crippen LogP contribution >= 0.6 is 15.9 Å². The maximum Gasteiger partial charge on any atom is 0.123 e. The van der Waals surface area contributed by atoms with E-state index < -0.39 is 0 Å². The van der Waals surface area contributed by atoms with Gasteiger partial charge in [0, 0.05) is 5.33 Å². The van der Waals surface area contributed by atoms with Crippen LogP contribution in [0.5, 0.6) is 5.75 Å². The van der Waals surface area contributed by atoms with Crippen molar-refractivity contribution in [3.8, 4) is 5.75 Å². The highest BCUT2D eigenvalue weighted by molar-refractivity contribution is 9.09. The molecule has 0 saturated carbocycles. The highest BCUT2D eigenvalue weighted by Crippen LogP contribution is 2.21. The van der Waals surface area contributed by atoms with Crippen molar-refractivity contribution in [1.29, 1.82) is 0 Å². The van der Waals surface area contributed by atoms with Crippen molar-refractivity contribution in [1.82, 2.24) is 0 Å². The van der Waals surface area contributed by atoms with Crippen LogP contribution in [0.1, 0.15) is 6.42 Å². The lowest BCUT2D eigenvalue weighted by Gasteiger charge is -2.06. The molecule has 0 unspecified atom stereocenters. The number of rotatable bonds is 4. The number of hydrogen-bond donors (Lipinski definition) is 0. The lowest BCUT2D eigenvalue weighted by atomic mass is 10.1. The third-order valence-corrected chi connectivity index (χ3v) is 2.88. The first kappa shape index (κ1) is 11.4. The first-order valence-corrected chi connectivity index (χ1v) is 6.30. The number of benzene rings is 2. The maximum absolute atomic E-state index is 13.0. The van der Waals surface area contributed by atoms with Crippen LogP contribution in [0.25, 0.3) is 10.8 Å². The fraction of sp³-hybridized carbons (Fsp3) is 0.231. The average Bonchev–Trinajstić information content (AvgIpc) is 2.29. The fourth-order valence-electron chi connectivity index (χ4n) is 1.53. The summed E-state index contributed by atoms with van der Waals surface area (Å²) < 4.78 is 18.6. The van der Waals surface area contributed by atoms with Gasteiger partial charge in [-0.25, -0.2) is 4.39 Å². The third kappa shape index (κ3) is 2.73. The molecule has 84 valence electrons. The number of alkyl halides is 1. The van der Waals surface area contributed by atoms with Gasteiger partial charge in [0.1, 0.15) is 11.6 Å². The Balaban J connectivity index is 2.21. The van der Waals surface area contributed by atoms with E-state index in [0.717, 1.165) is 28.3 Å². The molecule has 0 N–H and O–H groups in total. The molecular formula is C13H12BrFO. The Morgan fingerprint density at radius 1 is 1.06 bits per heavy atom. The van der Waals surface area contributed by atoms with Gasteiger partial charge in [0.2, 0.25) is 0 Å². The highest BCUT2D eigenvalue weighted by atomic mass is 79.9. The average molecular weight is 283 g/mol. The molecule has 0 aliphatic rings. The normalized spacial score (nSPS) is 10.6. The Kier molecular flexibility index (Phi) is 3.78. The van der Waals surface area contributed by atoms with E-state index in [2.05, 4.69) is 15.9 Å². The van der Waals surface area contributed by atoms with E-state index in [1.165, 1.54) is 12.1 Å². The van der Waals surface area contributed by atoms with E-state index in [4.69, 9.17) is 4.74 Å². The zero-order chi connectivity index (χ0) is 11.4. The van der Waals surface area contributed by atoms with Crippen LogP contribution in [0.4, 0.5) is 4.39 Å². The quantitative estimate of drug-likeness (QED) is 0.605. The molecule has 0 amide bonds. The largest absolute Gasteiger partial charge is 0.494 e. The molecule has 0 saturated heterocycles. The van der Waals surface area contributed by atoms with Crippen molar-refractivity contribution in [2.24, 2.45) is 0 Å². The molecule has 0 heterocycles. The lowest BCUT2D eigenvalue weighted by molar-refractivity contribution is 0.319. The molecule has 0 radical (unpaired) electrons. The van der Waals surface area contributed by atoms with Gasteiger partial charge >= 0.3 is 0 Å². The molecule has 0 atom stereocenters. The molecule has 0 fully saturated rings. The van der Waals surface area contributed by atoms with Gasteiger partial charge in [-0.2, -0.15) is 0 Å². The molecule has 0 aromatic heterocycles. The first-order chi connectivity index (χ1) is 7.79. The second-order valence-electron chi connectivity index (χ2n) is 3.54. The van der Waals surface area contributed by atoms with Gasteiger partial charge < -0.3 is 4.74 Å². The molecule has 3 heteroatoms. The molecule has 2 aromatic rings. The summed E-state index contributed by atoms with van der Waals surface area (Å²) in [6, 6.07) is 10.5. The smallest absolute Gasteiger partial charge is 0.123 e. The van der Waals surface area contributed by atoms with Crippen molar-refractivity contribution in [3.63, 3.8) is 0 Å². The van der Waals surface area contributed by atoms with Crippen molar-refractivity contribution in [2.75, 3.05) is 11.9 Å². The minimum atomic E-state index is -0.217. The number of halogens is 2. The molecular weight excluding hydrogens is 271 g/mol. The second kappa shape index (κ2) is 5.30. The van der Waals surface area contributed by atoms with E-state index in [9.17, 15) is 4.39 Å². The zero-order valence-electron chi connectivity index (χ0n) is 8.75. The van der Waals surface area contributed by atoms with Crippen LogP contribution in [0.15, 0.2) is 36.4 Å². The molecule has 2 aromatic carbocycles. The predicted molar refractivity (Wildman–Crippen MR) is 67.8 cm³/mol. The van der Waals surface area contributed by atoms with Crippen LogP contribution in [0.2, 0.25) is 0 Å². The van der Waals surface area contributed by atoms with Crippen LogP contribution in [0, 0.1) is 5.82 Å². The zero-order valence-corrected chi connectivity index (χ0v) is 10.3. The summed E-state index contributed by atoms with van der Waals surface area (Å²) in [6.45, 7) is 0.673. The number of hydrogen-bond acceptors (Lipinski definition) is 1. The fourth-order valence-corrected chi connectivity index (χ4v) is 1.76. The Bertz CT molecular complexity index is 484. The molecule has 0 bridgehead atoms. The molecule has 0 aliphatic heterocycles. The summed E-state index contributed by atoms with van der Waals surface area (Å²) >= 11 is 3.34. The van der Waals surface area contributed by atoms with Gasteiger partial charge in [0.15, 0.2) is 0 Å². The summed E-state index contributed by atoms with van der Waals surface area (Å²) in [7, 11) is 0. The molecule has 2 rings (SSSR count).